The molecule has 0 saturated heterocycles. The number of furan rings is 1. The molecule has 0 aliphatic carbocycles. The Morgan fingerprint density at radius 2 is 1.55 bits per heavy atom. The highest BCUT2D eigenvalue weighted by Gasteiger charge is 2.41. The van der Waals surface area contributed by atoms with Crippen molar-refractivity contribution >= 4 is 27.5 Å². The minimum Gasteiger partial charge on any atom is -0.486 e. The third-order valence-corrected chi connectivity index (χ3v) is 4.85. The van der Waals surface area contributed by atoms with Crippen molar-refractivity contribution in [2.45, 2.75) is 6.18 Å². The van der Waals surface area contributed by atoms with Gasteiger partial charge in [-0.1, -0.05) is 24.3 Å². The van der Waals surface area contributed by atoms with Gasteiger partial charge >= 0.3 is 6.18 Å². The molecule has 7 heteroatoms. The van der Waals surface area contributed by atoms with Crippen LogP contribution in [-0.4, -0.2) is 19.0 Å². The van der Waals surface area contributed by atoms with E-state index in [1.54, 1.807) is 30.3 Å². The van der Waals surface area contributed by atoms with E-state index in [1.165, 1.54) is 24.3 Å². The number of ketones is 1. The summed E-state index contributed by atoms with van der Waals surface area (Å²) < 4.78 is 57.1. The lowest BCUT2D eigenvalue weighted by molar-refractivity contribution is -0.152. The molecule has 5 rings (SSSR count). The Morgan fingerprint density at radius 3 is 2.28 bits per heavy atom. The van der Waals surface area contributed by atoms with Gasteiger partial charge in [0.15, 0.2) is 17.3 Å². The third-order valence-electron chi connectivity index (χ3n) is 4.85. The van der Waals surface area contributed by atoms with Crippen LogP contribution in [0.5, 0.6) is 11.5 Å². The summed E-state index contributed by atoms with van der Waals surface area (Å²) in [5.41, 5.74) is -0.428. The molecule has 0 atom stereocenters. The predicted octanol–water partition coefficient (Wildman–Crippen LogP) is 5.61. The fourth-order valence-electron chi connectivity index (χ4n) is 3.54. The maximum Gasteiger partial charge on any atom is 0.450 e. The fraction of sp³-hybridized carbons (Fsp3) is 0.136. The molecule has 3 aromatic carbocycles. The summed E-state index contributed by atoms with van der Waals surface area (Å²) in [5, 5.41) is 1.56. The average Bonchev–Trinajstić information content (AvgIpc) is 3.10. The van der Waals surface area contributed by atoms with Gasteiger partial charge in [0.2, 0.25) is 5.76 Å². The van der Waals surface area contributed by atoms with Gasteiger partial charge in [0.25, 0.3) is 0 Å². The van der Waals surface area contributed by atoms with Crippen LogP contribution in [0.15, 0.2) is 59.0 Å². The van der Waals surface area contributed by atoms with Gasteiger partial charge in [-0.3, -0.25) is 4.79 Å². The van der Waals surface area contributed by atoms with Crippen molar-refractivity contribution in [2.24, 2.45) is 0 Å². The van der Waals surface area contributed by atoms with Crippen molar-refractivity contribution in [2.75, 3.05) is 13.2 Å². The predicted molar refractivity (Wildman–Crippen MR) is 99.6 cm³/mol. The molecule has 2 heterocycles. The molecule has 0 saturated carbocycles. The minimum atomic E-state index is -4.82. The Hall–Kier alpha value is -3.48. The smallest absolute Gasteiger partial charge is 0.450 e. The van der Waals surface area contributed by atoms with Gasteiger partial charge in [-0.05, 0) is 41.1 Å². The van der Waals surface area contributed by atoms with E-state index >= 15 is 0 Å². The van der Waals surface area contributed by atoms with Crippen LogP contribution in [0.3, 0.4) is 0 Å². The van der Waals surface area contributed by atoms with Gasteiger partial charge in [-0.15, -0.1) is 0 Å². The molecule has 1 aliphatic heterocycles. The van der Waals surface area contributed by atoms with Crippen molar-refractivity contribution in [3.63, 3.8) is 0 Å². The van der Waals surface area contributed by atoms with E-state index in [0.717, 1.165) is 5.39 Å². The molecule has 0 unspecified atom stereocenters. The third kappa shape index (κ3) is 2.90. The van der Waals surface area contributed by atoms with Crippen molar-refractivity contribution in [3.8, 4) is 11.5 Å². The monoisotopic (exact) mass is 398 g/mol. The van der Waals surface area contributed by atoms with Crippen molar-refractivity contribution < 1.29 is 31.9 Å². The van der Waals surface area contributed by atoms with Crippen LogP contribution in [0.25, 0.3) is 21.7 Å². The molecule has 0 fully saturated rings. The van der Waals surface area contributed by atoms with Gasteiger partial charge in [-0.2, -0.15) is 13.2 Å². The largest absolute Gasteiger partial charge is 0.486 e. The summed E-state index contributed by atoms with van der Waals surface area (Å²) in [4.78, 5) is 13.2. The topological polar surface area (TPSA) is 48.7 Å². The second-order valence-electron chi connectivity index (χ2n) is 6.69. The molecular weight excluding hydrogens is 385 g/mol. The van der Waals surface area contributed by atoms with Gasteiger partial charge in [0.05, 0.1) is 5.56 Å². The molecular formula is C22H13F3O4. The summed E-state index contributed by atoms with van der Waals surface area (Å²) in [7, 11) is 0. The summed E-state index contributed by atoms with van der Waals surface area (Å²) >= 11 is 0. The summed E-state index contributed by atoms with van der Waals surface area (Å²) in [5.74, 6) is -1.31. The number of carbonyl (C=O) groups excluding carboxylic acids is 1. The number of fused-ring (bicyclic) bond motifs is 3. The zero-order chi connectivity index (χ0) is 20.2. The van der Waals surface area contributed by atoms with E-state index < -0.39 is 23.3 Å². The first-order valence-corrected chi connectivity index (χ1v) is 8.89. The molecule has 0 radical (unpaired) electrons. The first kappa shape index (κ1) is 17.6. The molecule has 0 bridgehead atoms. The zero-order valence-electron chi connectivity index (χ0n) is 14.9. The normalized spacial score (nSPS) is 13.8. The molecule has 0 N–H and O–H groups in total. The molecule has 0 amide bonds. The lowest BCUT2D eigenvalue weighted by atomic mass is 9.98. The molecule has 1 aliphatic rings. The zero-order valence-corrected chi connectivity index (χ0v) is 14.9. The summed E-state index contributed by atoms with van der Waals surface area (Å²) in [6.45, 7) is 0.678. The standard InChI is InChI=1S/C22H13F3O4/c23-22(24,25)21-19(15-9-12-3-1-2-4-13(12)10-17(15)29-21)20(26)14-5-6-16-18(11-14)28-8-7-27-16/h1-6,9-11H,7-8H2. The number of alkyl halides is 3. The molecule has 1 aromatic heterocycles. The second kappa shape index (κ2) is 6.27. The lowest BCUT2D eigenvalue weighted by Crippen LogP contribution is -2.16. The maximum absolute atomic E-state index is 13.7. The van der Waals surface area contributed by atoms with Crippen LogP contribution in [0, 0.1) is 0 Å². The quantitative estimate of drug-likeness (QED) is 0.412. The number of rotatable bonds is 2. The van der Waals surface area contributed by atoms with Crippen LogP contribution in [0.4, 0.5) is 13.2 Å². The number of hydrogen-bond acceptors (Lipinski definition) is 4. The molecule has 146 valence electrons. The van der Waals surface area contributed by atoms with Crippen LogP contribution in [-0.2, 0) is 6.18 Å². The SMILES string of the molecule is O=C(c1ccc2c(c1)OCCO2)c1c(C(F)(F)F)oc2cc3ccccc3cc12. The van der Waals surface area contributed by atoms with Gasteiger partial charge in [0, 0.05) is 10.9 Å². The van der Waals surface area contributed by atoms with E-state index in [0.29, 0.717) is 30.1 Å². The Labute approximate surface area is 162 Å². The molecule has 4 aromatic rings. The maximum atomic E-state index is 13.7. The van der Waals surface area contributed by atoms with E-state index in [9.17, 15) is 18.0 Å². The van der Waals surface area contributed by atoms with E-state index in [1.807, 2.05) is 0 Å². The van der Waals surface area contributed by atoms with Crippen molar-refractivity contribution in [1.29, 1.82) is 0 Å². The summed E-state index contributed by atoms with van der Waals surface area (Å²) in [6, 6.07) is 14.5. The number of hydrogen-bond donors (Lipinski definition) is 0. The Bertz CT molecular complexity index is 1270. The minimum absolute atomic E-state index is 0.0110. The van der Waals surface area contributed by atoms with E-state index in [-0.39, 0.29) is 16.5 Å². The fourth-order valence-corrected chi connectivity index (χ4v) is 3.54. The lowest BCUT2D eigenvalue weighted by Gasteiger charge is -2.18. The van der Waals surface area contributed by atoms with Crippen LogP contribution in [0.2, 0.25) is 0 Å². The van der Waals surface area contributed by atoms with Crippen LogP contribution in [0.1, 0.15) is 21.7 Å². The highest BCUT2D eigenvalue weighted by molar-refractivity contribution is 6.18. The van der Waals surface area contributed by atoms with Crippen molar-refractivity contribution in [1.82, 2.24) is 0 Å². The van der Waals surface area contributed by atoms with E-state index in [2.05, 4.69) is 0 Å². The van der Waals surface area contributed by atoms with Crippen molar-refractivity contribution in [3.05, 3.63) is 71.5 Å². The van der Waals surface area contributed by atoms with Gasteiger partial charge in [-0.25, -0.2) is 0 Å². The average molecular weight is 398 g/mol. The van der Waals surface area contributed by atoms with Crippen LogP contribution < -0.4 is 9.47 Å². The number of carbonyl (C=O) groups is 1. The van der Waals surface area contributed by atoms with Gasteiger partial charge < -0.3 is 13.9 Å². The molecule has 0 spiro atoms. The van der Waals surface area contributed by atoms with Crippen LogP contribution >= 0.6 is 0 Å². The highest BCUT2D eigenvalue weighted by Crippen LogP contribution is 2.41. The highest BCUT2D eigenvalue weighted by atomic mass is 19.4. The molecule has 29 heavy (non-hydrogen) atoms. The number of halogens is 3. The number of ether oxygens (including phenoxy) is 2. The summed E-state index contributed by atoms with van der Waals surface area (Å²) in [6.07, 6.45) is -4.82. The van der Waals surface area contributed by atoms with E-state index in [4.69, 9.17) is 13.9 Å². The Morgan fingerprint density at radius 1 is 0.862 bits per heavy atom. The Kier molecular flexibility index (Phi) is 3.81. The second-order valence-corrected chi connectivity index (χ2v) is 6.69. The first-order chi connectivity index (χ1) is 13.9. The number of benzene rings is 3. The molecule has 4 nitrogen and oxygen atoms in total. The first-order valence-electron chi connectivity index (χ1n) is 8.89. The van der Waals surface area contributed by atoms with Gasteiger partial charge in [0.1, 0.15) is 18.8 Å². The Balaban J connectivity index is 1.73.